The fraction of sp³-hybridized carbons (Fsp3) is 0.625. The minimum atomic E-state index is -0.768. The molecule has 8 heteroatoms. The van der Waals surface area contributed by atoms with Crippen molar-refractivity contribution in [2.24, 2.45) is 4.99 Å². The van der Waals surface area contributed by atoms with Crippen LogP contribution in [0.2, 0.25) is 0 Å². The molecule has 2 heterocycles. The maximum Gasteiger partial charge on any atom is 0.325 e. The molecule has 3 amide bonds. The van der Waals surface area contributed by atoms with Crippen LogP contribution in [0.25, 0.3) is 0 Å². The Balaban J connectivity index is 1.44. The second kappa shape index (κ2) is 10.8. The molecule has 0 aliphatic carbocycles. The highest BCUT2D eigenvalue weighted by Crippen LogP contribution is 2.25. The molecule has 8 nitrogen and oxygen atoms in total. The van der Waals surface area contributed by atoms with Gasteiger partial charge in [0.2, 0.25) is 0 Å². The van der Waals surface area contributed by atoms with Crippen molar-refractivity contribution in [1.29, 1.82) is 0 Å². The van der Waals surface area contributed by atoms with Crippen molar-refractivity contribution in [2.75, 3.05) is 46.3 Å². The molecule has 2 N–H and O–H groups in total. The van der Waals surface area contributed by atoms with E-state index in [0.717, 1.165) is 38.6 Å². The molecule has 3 rings (SSSR count). The number of imide groups is 1. The Labute approximate surface area is 192 Å². The van der Waals surface area contributed by atoms with Gasteiger partial charge in [-0.15, -0.1) is 0 Å². The van der Waals surface area contributed by atoms with Crippen LogP contribution in [-0.4, -0.2) is 84.5 Å². The van der Waals surface area contributed by atoms with Gasteiger partial charge in [-0.2, -0.15) is 0 Å². The Hall–Kier alpha value is -2.61. The molecule has 2 fully saturated rings. The lowest BCUT2D eigenvalue weighted by atomic mass is 9.99. The number of urea groups is 1. The van der Waals surface area contributed by atoms with Crippen LogP contribution in [0.15, 0.2) is 35.3 Å². The summed E-state index contributed by atoms with van der Waals surface area (Å²) in [6.45, 7) is 10.8. The van der Waals surface area contributed by atoms with E-state index in [-0.39, 0.29) is 11.9 Å². The molecule has 0 spiro atoms. The third-order valence-electron chi connectivity index (χ3n) is 6.73. The van der Waals surface area contributed by atoms with Crippen LogP contribution in [0.3, 0.4) is 0 Å². The van der Waals surface area contributed by atoms with Crippen molar-refractivity contribution < 1.29 is 9.59 Å². The molecule has 1 aromatic carbocycles. The van der Waals surface area contributed by atoms with Gasteiger partial charge in [0.05, 0.1) is 0 Å². The third kappa shape index (κ3) is 5.23. The Bertz CT molecular complexity index is 806. The molecule has 2 aliphatic heterocycles. The quantitative estimate of drug-likeness (QED) is 0.280. The van der Waals surface area contributed by atoms with Crippen molar-refractivity contribution in [1.82, 2.24) is 25.3 Å². The number of carbonyl (C=O) groups excluding carboxylic acids is 2. The predicted molar refractivity (Wildman–Crippen MR) is 128 cm³/mol. The van der Waals surface area contributed by atoms with Crippen LogP contribution in [0.5, 0.6) is 0 Å². The molecule has 32 heavy (non-hydrogen) atoms. The van der Waals surface area contributed by atoms with E-state index in [1.807, 2.05) is 6.92 Å². The summed E-state index contributed by atoms with van der Waals surface area (Å²) in [6.07, 6.45) is 2.37. The number of nitrogens with zero attached hydrogens (tertiary/aromatic N) is 4. The van der Waals surface area contributed by atoms with Gasteiger partial charge in [-0.1, -0.05) is 44.2 Å². The van der Waals surface area contributed by atoms with Gasteiger partial charge in [0, 0.05) is 52.4 Å². The number of amides is 3. The lowest BCUT2D eigenvalue weighted by molar-refractivity contribution is -0.130. The van der Waals surface area contributed by atoms with E-state index < -0.39 is 5.54 Å². The number of carbonyl (C=O) groups is 2. The smallest absolute Gasteiger partial charge is 0.325 e. The summed E-state index contributed by atoms with van der Waals surface area (Å²) in [5.74, 6) is 0.752. The van der Waals surface area contributed by atoms with Gasteiger partial charge < -0.3 is 15.5 Å². The summed E-state index contributed by atoms with van der Waals surface area (Å²) in [5, 5.41) is 6.21. The fourth-order valence-electron chi connectivity index (χ4n) is 4.58. The van der Waals surface area contributed by atoms with E-state index in [1.54, 1.807) is 14.0 Å². The lowest BCUT2D eigenvalue weighted by Gasteiger charge is -2.40. The molecule has 2 aliphatic rings. The Morgan fingerprint density at radius 3 is 2.41 bits per heavy atom. The predicted octanol–water partition coefficient (Wildman–Crippen LogP) is 2.44. The van der Waals surface area contributed by atoms with Gasteiger partial charge in [0.1, 0.15) is 5.54 Å². The van der Waals surface area contributed by atoms with Gasteiger partial charge in [0.25, 0.3) is 5.91 Å². The SMILES string of the molecule is CCC(c1ccccc1)N1CCN(C(=NC)NCCCN2C(=O)NC(C)(CC)C2=O)CC1. The average Bonchev–Trinajstić information content (AvgIpc) is 3.04. The number of benzene rings is 1. The zero-order chi connectivity index (χ0) is 23.1. The van der Waals surface area contributed by atoms with E-state index in [9.17, 15) is 9.59 Å². The second-order valence-corrected chi connectivity index (χ2v) is 8.76. The number of hydrogen-bond donors (Lipinski definition) is 2. The average molecular weight is 443 g/mol. The summed E-state index contributed by atoms with van der Waals surface area (Å²) in [6, 6.07) is 10.9. The molecule has 1 aromatic rings. The van der Waals surface area contributed by atoms with Crippen molar-refractivity contribution in [2.45, 2.75) is 51.6 Å². The van der Waals surface area contributed by atoms with Gasteiger partial charge in [-0.05, 0) is 31.7 Å². The number of piperazine rings is 1. The van der Waals surface area contributed by atoms with Crippen LogP contribution in [0.4, 0.5) is 4.79 Å². The summed E-state index contributed by atoms with van der Waals surface area (Å²) in [5.41, 5.74) is 0.613. The monoisotopic (exact) mass is 442 g/mol. The summed E-state index contributed by atoms with van der Waals surface area (Å²) < 4.78 is 0. The fourth-order valence-corrected chi connectivity index (χ4v) is 4.58. The van der Waals surface area contributed by atoms with Gasteiger partial charge in [-0.25, -0.2) is 4.79 Å². The summed E-state index contributed by atoms with van der Waals surface area (Å²) in [7, 11) is 1.80. The highest BCUT2D eigenvalue weighted by Gasteiger charge is 2.45. The van der Waals surface area contributed by atoms with Crippen LogP contribution in [0, 0.1) is 0 Å². The first kappa shape index (κ1) is 24.0. The van der Waals surface area contributed by atoms with Crippen LogP contribution >= 0.6 is 0 Å². The maximum atomic E-state index is 12.5. The van der Waals surface area contributed by atoms with E-state index >= 15 is 0 Å². The number of nitrogens with one attached hydrogen (secondary N) is 2. The van der Waals surface area contributed by atoms with Crippen LogP contribution in [-0.2, 0) is 4.79 Å². The van der Waals surface area contributed by atoms with Crippen LogP contribution in [0.1, 0.15) is 51.6 Å². The zero-order valence-electron chi connectivity index (χ0n) is 19.9. The first-order chi connectivity index (χ1) is 15.4. The molecule has 2 saturated heterocycles. The molecule has 176 valence electrons. The molecule has 0 saturated carbocycles. The van der Waals surface area contributed by atoms with E-state index in [4.69, 9.17) is 0 Å². The first-order valence-electron chi connectivity index (χ1n) is 11.8. The second-order valence-electron chi connectivity index (χ2n) is 8.76. The van der Waals surface area contributed by atoms with Crippen molar-refractivity contribution in [3.8, 4) is 0 Å². The van der Waals surface area contributed by atoms with Crippen molar-refractivity contribution >= 4 is 17.9 Å². The van der Waals surface area contributed by atoms with E-state index in [2.05, 4.69) is 62.7 Å². The highest BCUT2D eigenvalue weighted by atomic mass is 16.2. The molecule has 2 unspecified atom stereocenters. The maximum absolute atomic E-state index is 12.5. The van der Waals surface area contributed by atoms with Crippen molar-refractivity contribution in [3.05, 3.63) is 35.9 Å². The standard InChI is InChI=1S/C24H38N6O2/c1-5-20(19-11-8-7-9-12-19)28-15-17-29(18-16-28)22(25-4)26-13-10-14-30-21(31)24(3,6-2)27-23(30)32/h7-9,11-12,20H,5-6,10,13-18H2,1-4H3,(H,25,26)(H,27,32). The minimum Gasteiger partial charge on any atom is -0.356 e. The molecule has 2 atom stereocenters. The highest BCUT2D eigenvalue weighted by molar-refractivity contribution is 6.06. The van der Waals surface area contributed by atoms with Gasteiger partial charge >= 0.3 is 6.03 Å². The minimum absolute atomic E-state index is 0.130. The van der Waals surface area contributed by atoms with Gasteiger partial charge in [0.15, 0.2) is 5.96 Å². The first-order valence-corrected chi connectivity index (χ1v) is 11.8. The molecular formula is C24H38N6O2. The normalized spacial score (nSPS) is 23.4. The van der Waals surface area contributed by atoms with Crippen molar-refractivity contribution in [3.63, 3.8) is 0 Å². The lowest BCUT2D eigenvalue weighted by Crippen LogP contribution is -2.53. The zero-order valence-corrected chi connectivity index (χ0v) is 19.9. The Kier molecular flexibility index (Phi) is 8.12. The topological polar surface area (TPSA) is 80.3 Å². The number of guanidine groups is 1. The molecule has 0 aromatic heterocycles. The third-order valence-corrected chi connectivity index (χ3v) is 6.73. The summed E-state index contributed by atoms with van der Waals surface area (Å²) >= 11 is 0. The molecular weight excluding hydrogens is 404 g/mol. The largest absolute Gasteiger partial charge is 0.356 e. The number of hydrogen-bond acceptors (Lipinski definition) is 4. The van der Waals surface area contributed by atoms with Gasteiger partial charge in [-0.3, -0.25) is 19.6 Å². The Morgan fingerprint density at radius 1 is 1.16 bits per heavy atom. The van der Waals surface area contributed by atoms with E-state index in [0.29, 0.717) is 32.0 Å². The van der Waals surface area contributed by atoms with Crippen LogP contribution < -0.4 is 10.6 Å². The number of rotatable bonds is 8. The summed E-state index contributed by atoms with van der Waals surface area (Å²) in [4.78, 5) is 35.3. The number of aliphatic imine (C=N–C) groups is 1. The Morgan fingerprint density at radius 2 is 1.84 bits per heavy atom. The molecule has 0 bridgehead atoms. The molecule has 0 radical (unpaired) electrons. The van der Waals surface area contributed by atoms with E-state index in [1.165, 1.54) is 10.5 Å².